The van der Waals surface area contributed by atoms with Crippen molar-refractivity contribution in [2.24, 2.45) is 0 Å². The van der Waals surface area contributed by atoms with E-state index in [2.05, 4.69) is 16.2 Å². The van der Waals surface area contributed by atoms with Crippen LogP contribution in [0.5, 0.6) is 0 Å². The van der Waals surface area contributed by atoms with Gasteiger partial charge in [0.25, 0.3) is 5.91 Å². The van der Waals surface area contributed by atoms with Crippen molar-refractivity contribution in [2.45, 2.75) is 31.5 Å². The van der Waals surface area contributed by atoms with E-state index >= 15 is 0 Å². The largest absolute Gasteiger partial charge is 0.419 e. The number of likely N-dealkylation sites (tertiary alicyclic amines) is 1. The lowest BCUT2D eigenvalue weighted by atomic mass is 10.0. The Kier molecular flexibility index (Phi) is 6.73. The van der Waals surface area contributed by atoms with Crippen LogP contribution >= 0.6 is 0 Å². The number of fused-ring (bicyclic) bond motifs is 1. The molecule has 6 rings (SSSR count). The van der Waals surface area contributed by atoms with Gasteiger partial charge < -0.3 is 9.80 Å². The van der Waals surface area contributed by atoms with Gasteiger partial charge in [0, 0.05) is 48.8 Å². The summed E-state index contributed by atoms with van der Waals surface area (Å²) in [5, 5.41) is 13.6. The number of nitriles is 1. The number of hydrogen-bond acceptors (Lipinski definition) is 5. The molecule has 2 aliphatic rings. The third kappa shape index (κ3) is 4.87. The van der Waals surface area contributed by atoms with Gasteiger partial charge in [0.1, 0.15) is 5.82 Å². The van der Waals surface area contributed by atoms with E-state index in [1.807, 2.05) is 0 Å². The summed E-state index contributed by atoms with van der Waals surface area (Å²) in [6.07, 6.45) is -0.520. The summed E-state index contributed by atoms with van der Waals surface area (Å²) >= 11 is 0. The second-order valence-electron chi connectivity index (χ2n) is 10.1. The molecule has 0 unspecified atom stereocenters. The summed E-state index contributed by atoms with van der Waals surface area (Å²) in [5.41, 5.74) is 1.64. The first-order valence-corrected chi connectivity index (χ1v) is 13.2. The number of rotatable bonds is 4. The number of carbonyl (C=O) groups excluding carboxylic acids is 2. The van der Waals surface area contributed by atoms with Crippen LogP contribution in [-0.2, 0) is 17.4 Å². The molecule has 8 nitrogen and oxygen atoms in total. The van der Waals surface area contributed by atoms with E-state index in [9.17, 15) is 32.4 Å². The van der Waals surface area contributed by atoms with Crippen LogP contribution in [0.3, 0.4) is 0 Å². The number of nitrogens with zero attached hydrogens (tertiary/aromatic N) is 6. The first-order chi connectivity index (χ1) is 20.1. The minimum absolute atomic E-state index is 0.0166. The van der Waals surface area contributed by atoms with Crippen LogP contribution < -0.4 is 4.90 Å². The van der Waals surface area contributed by atoms with Gasteiger partial charge in [0.05, 0.1) is 35.0 Å². The number of aromatic nitrogens is 3. The van der Waals surface area contributed by atoms with Crippen LogP contribution in [0.4, 0.5) is 23.2 Å². The SMILES string of the molecule is N#Cc1ccc2c(c1)CC(=O)N2C1CCN(C(=O)c2cc(-c3cccnc3)n(-c3ccc(C(F)(F)F)c(F)c3)n2)CC1. The summed E-state index contributed by atoms with van der Waals surface area (Å²) in [4.78, 5) is 33.8. The molecule has 42 heavy (non-hydrogen) atoms. The van der Waals surface area contributed by atoms with E-state index < -0.39 is 23.5 Å². The second kappa shape index (κ2) is 10.4. The highest BCUT2D eigenvalue weighted by molar-refractivity contribution is 6.02. The Morgan fingerprint density at radius 3 is 2.50 bits per heavy atom. The molecular formula is C30H22F4N6O2. The van der Waals surface area contributed by atoms with Gasteiger partial charge in [-0.1, -0.05) is 0 Å². The van der Waals surface area contributed by atoms with Crippen molar-refractivity contribution in [1.82, 2.24) is 19.7 Å². The number of hydrogen-bond donors (Lipinski definition) is 0. The van der Waals surface area contributed by atoms with Crippen molar-refractivity contribution in [2.75, 3.05) is 18.0 Å². The summed E-state index contributed by atoms with van der Waals surface area (Å²) in [5.74, 6) is -1.89. The number of halogens is 4. The van der Waals surface area contributed by atoms with Gasteiger partial charge in [-0.15, -0.1) is 0 Å². The summed E-state index contributed by atoms with van der Waals surface area (Å²) in [7, 11) is 0. The monoisotopic (exact) mass is 574 g/mol. The van der Waals surface area contributed by atoms with Crippen LogP contribution in [0, 0.1) is 17.1 Å². The topological polar surface area (TPSA) is 95.1 Å². The molecule has 4 aromatic rings. The first-order valence-electron chi connectivity index (χ1n) is 13.2. The van der Waals surface area contributed by atoms with Crippen molar-refractivity contribution < 1.29 is 27.2 Å². The van der Waals surface area contributed by atoms with Crippen LogP contribution in [0.2, 0.25) is 0 Å². The number of alkyl halides is 3. The molecule has 2 aliphatic heterocycles. The zero-order valence-electron chi connectivity index (χ0n) is 22.0. The Bertz CT molecular complexity index is 1740. The summed E-state index contributed by atoms with van der Waals surface area (Å²) in [6, 6.07) is 14.5. The van der Waals surface area contributed by atoms with Gasteiger partial charge in [0.2, 0.25) is 5.91 Å². The van der Waals surface area contributed by atoms with Gasteiger partial charge in [-0.25, -0.2) is 9.07 Å². The van der Waals surface area contributed by atoms with Gasteiger partial charge in [-0.05, 0) is 66.9 Å². The van der Waals surface area contributed by atoms with Crippen LogP contribution in [0.25, 0.3) is 16.9 Å². The quantitative estimate of drug-likeness (QED) is 0.314. The maximum Gasteiger partial charge on any atom is 0.419 e. The Hall–Kier alpha value is -5.05. The van der Waals surface area contributed by atoms with Crippen molar-refractivity contribution in [3.63, 3.8) is 0 Å². The lowest BCUT2D eigenvalue weighted by Gasteiger charge is -2.36. The highest BCUT2D eigenvalue weighted by Gasteiger charge is 2.37. The third-order valence-electron chi connectivity index (χ3n) is 7.58. The molecule has 1 fully saturated rings. The average Bonchev–Trinajstić information content (AvgIpc) is 3.57. The Labute approximate surface area is 237 Å². The van der Waals surface area contributed by atoms with E-state index in [1.165, 1.54) is 16.9 Å². The standard InChI is InChI=1S/C30H22F4N6O2/c31-24-14-22(4-5-23(24)30(32,33)34)40-27(19-2-1-9-36-17-19)15-25(37-40)29(42)38-10-7-21(8-11-38)39-26-6-3-18(16-35)12-20(26)13-28(39)41/h1-6,9,12,14-15,17,21H,7-8,10-11,13H2. The number of piperidine rings is 1. The number of carbonyl (C=O) groups is 2. The Morgan fingerprint density at radius 2 is 1.83 bits per heavy atom. The van der Waals surface area contributed by atoms with E-state index in [4.69, 9.17) is 0 Å². The van der Waals surface area contributed by atoms with Crippen LogP contribution in [0.15, 0.2) is 67.0 Å². The lowest BCUT2D eigenvalue weighted by Crippen LogP contribution is -2.48. The van der Waals surface area contributed by atoms with Crippen molar-refractivity contribution >= 4 is 17.5 Å². The highest BCUT2D eigenvalue weighted by atomic mass is 19.4. The zero-order valence-corrected chi connectivity index (χ0v) is 22.0. The van der Waals surface area contributed by atoms with E-state index in [1.54, 1.807) is 46.3 Å². The Morgan fingerprint density at radius 1 is 1.05 bits per heavy atom. The van der Waals surface area contributed by atoms with Crippen molar-refractivity contribution in [1.29, 1.82) is 5.26 Å². The third-order valence-corrected chi connectivity index (χ3v) is 7.58. The van der Waals surface area contributed by atoms with E-state index in [0.717, 1.165) is 23.4 Å². The molecule has 0 saturated carbocycles. The van der Waals surface area contributed by atoms with Gasteiger partial charge in [-0.2, -0.15) is 23.5 Å². The summed E-state index contributed by atoms with van der Waals surface area (Å²) < 4.78 is 55.1. The minimum atomic E-state index is -4.85. The maximum atomic E-state index is 14.5. The molecule has 2 aromatic carbocycles. The van der Waals surface area contributed by atoms with Crippen LogP contribution in [-0.4, -0.2) is 50.6 Å². The fourth-order valence-electron chi connectivity index (χ4n) is 5.57. The minimum Gasteiger partial charge on any atom is -0.337 e. The normalized spacial score (nSPS) is 15.5. The second-order valence-corrected chi connectivity index (χ2v) is 10.1. The van der Waals surface area contributed by atoms with Gasteiger partial charge in [-0.3, -0.25) is 14.6 Å². The van der Waals surface area contributed by atoms with E-state index in [-0.39, 0.29) is 29.8 Å². The van der Waals surface area contributed by atoms with Gasteiger partial charge in [0.15, 0.2) is 5.69 Å². The number of benzene rings is 2. The average molecular weight is 575 g/mol. The van der Waals surface area contributed by atoms with Crippen molar-refractivity contribution in [3.8, 4) is 23.0 Å². The number of pyridine rings is 1. The molecule has 12 heteroatoms. The fourth-order valence-corrected chi connectivity index (χ4v) is 5.57. The van der Waals surface area contributed by atoms with Gasteiger partial charge >= 0.3 is 6.18 Å². The molecule has 0 bridgehead atoms. The number of anilines is 1. The van der Waals surface area contributed by atoms with Crippen molar-refractivity contribution in [3.05, 3.63) is 95.2 Å². The molecule has 4 heterocycles. The molecule has 0 aliphatic carbocycles. The molecule has 0 radical (unpaired) electrons. The highest BCUT2D eigenvalue weighted by Crippen LogP contribution is 2.35. The predicted molar refractivity (Wildman–Crippen MR) is 143 cm³/mol. The molecule has 2 aromatic heterocycles. The smallest absolute Gasteiger partial charge is 0.337 e. The van der Waals surface area contributed by atoms with Crippen LogP contribution in [0.1, 0.15) is 40.0 Å². The van der Waals surface area contributed by atoms with E-state index in [0.29, 0.717) is 48.8 Å². The molecule has 2 amide bonds. The molecule has 1 saturated heterocycles. The molecule has 0 atom stereocenters. The number of amides is 2. The predicted octanol–water partition coefficient (Wildman–Crippen LogP) is 5.16. The molecule has 212 valence electrons. The maximum absolute atomic E-state index is 14.5. The zero-order chi connectivity index (χ0) is 29.6. The summed E-state index contributed by atoms with van der Waals surface area (Å²) in [6.45, 7) is 0.700. The lowest BCUT2D eigenvalue weighted by molar-refractivity contribution is -0.140. The first kappa shape index (κ1) is 27.1. The molecule has 0 N–H and O–H groups in total. The molecule has 0 spiro atoms. The molecular weight excluding hydrogens is 552 g/mol. The Balaban J connectivity index is 1.25. The fraction of sp³-hybridized carbons (Fsp3) is 0.233.